The van der Waals surface area contributed by atoms with E-state index in [2.05, 4.69) is 21.1 Å². The quantitative estimate of drug-likeness (QED) is 0.887. The first-order valence-corrected chi connectivity index (χ1v) is 8.30. The van der Waals surface area contributed by atoms with Crippen molar-refractivity contribution in [1.29, 1.82) is 0 Å². The van der Waals surface area contributed by atoms with Crippen LogP contribution in [-0.4, -0.2) is 19.5 Å². The van der Waals surface area contributed by atoms with Crippen molar-refractivity contribution in [1.82, 2.24) is 9.88 Å². The highest BCUT2D eigenvalue weighted by Gasteiger charge is 2.20. The molecule has 0 spiro atoms. The van der Waals surface area contributed by atoms with Crippen molar-refractivity contribution < 1.29 is 17.7 Å². The van der Waals surface area contributed by atoms with E-state index in [0.29, 0.717) is 17.0 Å². The molecule has 1 amide bonds. The first-order chi connectivity index (χ1) is 9.79. The molecular formula is C13H13BrN2O4S. The van der Waals surface area contributed by atoms with Gasteiger partial charge < -0.3 is 4.52 Å². The van der Waals surface area contributed by atoms with Crippen LogP contribution in [0.1, 0.15) is 17.0 Å². The van der Waals surface area contributed by atoms with Gasteiger partial charge in [-0.1, -0.05) is 21.1 Å². The standard InChI is InChI=1S/C13H13BrN2O4S/c1-8-12(9(2)20-15-8)7-13(17)16-21(18,19)11-5-3-10(14)4-6-11/h3-6H,7H2,1-2H3,(H,16,17). The Labute approximate surface area is 130 Å². The number of amides is 1. The van der Waals surface area contributed by atoms with Crippen molar-refractivity contribution in [3.63, 3.8) is 0 Å². The molecule has 1 N–H and O–H groups in total. The van der Waals surface area contributed by atoms with Crippen molar-refractivity contribution in [2.75, 3.05) is 0 Å². The number of carbonyl (C=O) groups is 1. The molecule has 0 radical (unpaired) electrons. The van der Waals surface area contributed by atoms with Gasteiger partial charge in [-0.05, 0) is 38.1 Å². The Kier molecular flexibility index (Phi) is 4.48. The Balaban J connectivity index is 2.13. The third-order valence-electron chi connectivity index (χ3n) is 2.89. The topological polar surface area (TPSA) is 89.3 Å². The number of aryl methyl sites for hydroxylation is 2. The highest BCUT2D eigenvalue weighted by Crippen LogP contribution is 2.16. The van der Waals surface area contributed by atoms with Gasteiger partial charge in [-0.15, -0.1) is 0 Å². The summed E-state index contributed by atoms with van der Waals surface area (Å²) in [4.78, 5) is 11.9. The van der Waals surface area contributed by atoms with Crippen molar-refractivity contribution in [2.45, 2.75) is 25.2 Å². The Bertz CT molecular complexity index is 746. The molecule has 112 valence electrons. The first-order valence-electron chi connectivity index (χ1n) is 6.02. The summed E-state index contributed by atoms with van der Waals surface area (Å²) in [5.41, 5.74) is 1.17. The second-order valence-corrected chi connectivity index (χ2v) is 7.06. The fourth-order valence-corrected chi connectivity index (χ4v) is 3.02. The van der Waals surface area contributed by atoms with Crippen LogP contribution in [0.4, 0.5) is 0 Å². The monoisotopic (exact) mass is 372 g/mol. The second-order valence-electron chi connectivity index (χ2n) is 4.46. The second kappa shape index (κ2) is 5.98. The zero-order valence-corrected chi connectivity index (χ0v) is 13.8. The molecule has 0 bridgehead atoms. The SMILES string of the molecule is Cc1noc(C)c1CC(=O)NS(=O)(=O)c1ccc(Br)cc1. The van der Waals surface area contributed by atoms with Gasteiger partial charge in [0, 0.05) is 10.0 Å². The van der Waals surface area contributed by atoms with Gasteiger partial charge in [0.1, 0.15) is 5.76 Å². The van der Waals surface area contributed by atoms with Gasteiger partial charge in [-0.25, -0.2) is 13.1 Å². The normalized spacial score (nSPS) is 11.4. The number of carbonyl (C=O) groups excluding carboxylic acids is 1. The number of rotatable bonds is 4. The third-order valence-corrected chi connectivity index (χ3v) is 4.81. The van der Waals surface area contributed by atoms with Crippen LogP contribution in [0, 0.1) is 13.8 Å². The summed E-state index contributed by atoms with van der Waals surface area (Å²) in [6, 6.07) is 6.01. The molecule has 6 nitrogen and oxygen atoms in total. The predicted octanol–water partition coefficient (Wildman–Crippen LogP) is 2.10. The average molecular weight is 373 g/mol. The lowest BCUT2D eigenvalue weighted by Crippen LogP contribution is -2.32. The van der Waals surface area contributed by atoms with Crippen LogP contribution in [0.25, 0.3) is 0 Å². The lowest BCUT2D eigenvalue weighted by molar-refractivity contribution is -0.118. The summed E-state index contributed by atoms with van der Waals surface area (Å²) >= 11 is 3.22. The molecule has 0 aliphatic heterocycles. The molecular weight excluding hydrogens is 360 g/mol. The predicted molar refractivity (Wildman–Crippen MR) is 79.2 cm³/mol. The Morgan fingerprint density at radius 3 is 2.43 bits per heavy atom. The van der Waals surface area contributed by atoms with Crippen LogP contribution in [0.3, 0.4) is 0 Å². The Hall–Kier alpha value is -1.67. The molecule has 0 unspecified atom stereocenters. The summed E-state index contributed by atoms with van der Waals surface area (Å²) in [6.45, 7) is 3.37. The van der Waals surface area contributed by atoms with Gasteiger partial charge in [0.15, 0.2) is 0 Å². The van der Waals surface area contributed by atoms with Crippen LogP contribution < -0.4 is 4.72 Å². The zero-order valence-electron chi connectivity index (χ0n) is 11.4. The minimum absolute atomic E-state index is 0.0258. The average Bonchev–Trinajstić information content (AvgIpc) is 2.70. The van der Waals surface area contributed by atoms with E-state index in [1.165, 1.54) is 12.1 Å². The third kappa shape index (κ3) is 3.70. The molecule has 0 aliphatic rings. The number of aromatic nitrogens is 1. The summed E-state index contributed by atoms with van der Waals surface area (Å²) in [7, 11) is -3.88. The first kappa shape index (κ1) is 15.7. The zero-order chi connectivity index (χ0) is 15.6. The minimum Gasteiger partial charge on any atom is -0.361 e. The van der Waals surface area contributed by atoms with Gasteiger partial charge in [0.2, 0.25) is 5.91 Å². The van der Waals surface area contributed by atoms with Crippen molar-refractivity contribution >= 4 is 31.9 Å². The van der Waals surface area contributed by atoms with E-state index in [4.69, 9.17) is 4.52 Å². The van der Waals surface area contributed by atoms with E-state index in [1.807, 2.05) is 4.72 Å². The number of nitrogens with zero attached hydrogens (tertiary/aromatic N) is 1. The van der Waals surface area contributed by atoms with Crippen LogP contribution in [0.2, 0.25) is 0 Å². The summed E-state index contributed by atoms with van der Waals surface area (Å²) < 4.78 is 31.9. The number of sulfonamides is 1. The highest BCUT2D eigenvalue weighted by molar-refractivity contribution is 9.10. The lowest BCUT2D eigenvalue weighted by Gasteiger charge is -2.07. The maximum atomic E-state index is 12.1. The molecule has 1 heterocycles. The van der Waals surface area contributed by atoms with E-state index >= 15 is 0 Å². The number of hydrogen-bond donors (Lipinski definition) is 1. The molecule has 0 fully saturated rings. The van der Waals surface area contributed by atoms with E-state index in [0.717, 1.165) is 4.47 Å². The fraction of sp³-hybridized carbons (Fsp3) is 0.231. The van der Waals surface area contributed by atoms with Crippen LogP contribution >= 0.6 is 15.9 Å². The smallest absolute Gasteiger partial charge is 0.264 e. The molecule has 2 rings (SSSR count). The van der Waals surface area contributed by atoms with Crippen LogP contribution in [0.5, 0.6) is 0 Å². The number of halogens is 1. The fourth-order valence-electron chi connectivity index (χ4n) is 1.77. The molecule has 1 aromatic heterocycles. The van der Waals surface area contributed by atoms with Crippen molar-refractivity contribution in [2.24, 2.45) is 0 Å². The summed E-state index contributed by atoms with van der Waals surface area (Å²) in [5, 5.41) is 3.72. The van der Waals surface area contributed by atoms with E-state index in [9.17, 15) is 13.2 Å². The molecule has 0 saturated heterocycles. The number of benzene rings is 1. The lowest BCUT2D eigenvalue weighted by atomic mass is 10.1. The molecule has 0 atom stereocenters. The maximum Gasteiger partial charge on any atom is 0.264 e. The molecule has 8 heteroatoms. The van der Waals surface area contributed by atoms with Gasteiger partial charge >= 0.3 is 0 Å². The largest absolute Gasteiger partial charge is 0.361 e. The molecule has 21 heavy (non-hydrogen) atoms. The summed E-state index contributed by atoms with van der Waals surface area (Å²) in [5.74, 6) is -0.129. The molecule has 2 aromatic rings. The number of nitrogens with one attached hydrogen (secondary N) is 1. The van der Waals surface area contributed by atoms with E-state index < -0.39 is 15.9 Å². The van der Waals surface area contributed by atoms with Crippen molar-refractivity contribution in [3.8, 4) is 0 Å². The van der Waals surface area contributed by atoms with Gasteiger partial charge in [-0.2, -0.15) is 0 Å². The highest BCUT2D eigenvalue weighted by atomic mass is 79.9. The maximum absolute atomic E-state index is 12.1. The van der Waals surface area contributed by atoms with Crippen LogP contribution in [0.15, 0.2) is 38.2 Å². The number of hydrogen-bond acceptors (Lipinski definition) is 5. The van der Waals surface area contributed by atoms with Gasteiger partial charge in [0.05, 0.1) is 17.0 Å². The van der Waals surface area contributed by atoms with E-state index in [-0.39, 0.29) is 11.3 Å². The minimum atomic E-state index is -3.88. The van der Waals surface area contributed by atoms with Crippen LogP contribution in [-0.2, 0) is 21.2 Å². The van der Waals surface area contributed by atoms with Crippen molar-refractivity contribution in [3.05, 3.63) is 45.8 Å². The summed E-state index contributed by atoms with van der Waals surface area (Å²) in [6.07, 6.45) is -0.100. The molecule has 1 aromatic carbocycles. The Morgan fingerprint density at radius 1 is 1.29 bits per heavy atom. The van der Waals surface area contributed by atoms with Gasteiger partial charge in [-0.3, -0.25) is 4.79 Å². The van der Waals surface area contributed by atoms with E-state index in [1.54, 1.807) is 26.0 Å². The molecule has 0 saturated carbocycles. The van der Waals surface area contributed by atoms with Gasteiger partial charge in [0.25, 0.3) is 10.0 Å². The molecule has 0 aliphatic carbocycles. The Morgan fingerprint density at radius 2 is 1.90 bits per heavy atom.